The third-order valence-corrected chi connectivity index (χ3v) is 17.7. The van der Waals surface area contributed by atoms with Crippen molar-refractivity contribution in [1.82, 2.24) is 28.1 Å². The minimum absolute atomic E-state index is 0.287. The smallest absolute Gasteiger partial charge is 0.261 e. The predicted molar refractivity (Wildman–Crippen MR) is 317 cm³/mol. The summed E-state index contributed by atoms with van der Waals surface area (Å²) in [5, 5.41) is 8.53. The molecule has 3 aliphatic rings. The van der Waals surface area contributed by atoms with Crippen LogP contribution in [0.3, 0.4) is 0 Å². The summed E-state index contributed by atoms with van der Waals surface area (Å²) in [5.74, 6) is -1.73. The Bertz CT molecular complexity index is 4270. The first kappa shape index (κ1) is 44.8. The van der Waals surface area contributed by atoms with Gasteiger partial charge in [0.15, 0.2) is 0 Å². The zero-order chi connectivity index (χ0) is 53.1. The summed E-state index contributed by atoms with van der Waals surface area (Å²) in [7, 11) is 0. The van der Waals surface area contributed by atoms with Gasteiger partial charge in [-0.15, -0.1) is 0 Å². The van der Waals surface area contributed by atoms with Gasteiger partial charge in [-0.2, -0.15) is 0 Å². The van der Waals surface area contributed by atoms with Crippen LogP contribution in [0.5, 0.6) is 0 Å². The van der Waals surface area contributed by atoms with E-state index in [0.29, 0.717) is 25.7 Å². The topological polar surface area (TPSA) is 94.5 Å². The molecule has 0 saturated heterocycles. The number of hydrogen-bond donors (Lipinski definition) is 0. The molecular weight excluding hydrogens is 989 g/mol. The van der Waals surface area contributed by atoms with Crippen molar-refractivity contribution in [2.45, 2.75) is 37.8 Å². The molecule has 14 aromatic rings. The van der Waals surface area contributed by atoms with E-state index in [4.69, 9.17) is 0 Å². The fourth-order valence-electron chi connectivity index (χ4n) is 14.3. The van der Waals surface area contributed by atoms with E-state index in [2.05, 4.69) is 115 Å². The van der Waals surface area contributed by atoms with Crippen molar-refractivity contribution in [3.63, 3.8) is 0 Å². The summed E-state index contributed by atoms with van der Waals surface area (Å²) in [5.41, 5.74) is 11.8. The second kappa shape index (κ2) is 16.6. The van der Waals surface area contributed by atoms with Gasteiger partial charge < -0.3 is 18.3 Å². The van der Waals surface area contributed by atoms with Crippen LogP contribution in [0.2, 0.25) is 0 Å². The minimum atomic E-state index is -0.777. The summed E-state index contributed by atoms with van der Waals surface area (Å²) in [6.45, 7) is 0. The average Bonchev–Trinajstić information content (AvgIpc) is 4.30. The summed E-state index contributed by atoms with van der Waals surface area (Å²) in [6, 6.07) is 72.4. The second-order valence-electron chi connectivity index (χ2n) is 21.6. The molecule has 6 heterocycles. The number of benzene rings is 10. The Balaban J connectivity index is 0.835. The number of imide groups is 2. The molecule has 4 aromatic heterocycles. The number of rotatable bonds is 6. The summed E-state index contributed by atoms with van der Waals surface area (Å²) < 4.78 is 8.86. The summed E-state index contributed by atoms with van der Waals surface area (Å²) in [4.78, 5) is 65.2. The molecular formula is C70H46N6O4. The lowest BCUT2D eigenvalue weighted by Gasteiger charge is -2.40. The number of hydrogen-bond acceptors (Lipinski definition) is 4. The molecule has 1 saturated carbocycles. The van der Waals surface area contributed by atoms with E-state index >= 15 is 19.2 Å². The third-order valence-electron chi connectivity index (χ3n) is 17.7. The van der Waals surface area contributed by atoms with Gasteiger partial charge in [0.05, 0.1) is 101 Å². The van der Waals surface area contributed by atoms with Crippen molar-refractivity contribution in [3.8, 4) is 22.7 Å². The highest BCUT2D eigenvalue weighted by Crippen LogP contribution is 2.45. The Kier molecular flexibility index (Phi) is 9.29. The van der Waals surface area contributed by atoms with Crippen molar-refractivity contribution in [3.05, 3.63) is 241 Å². The molecule has 1 fully saturated rings. The van der Waals surface area contributed by atoms with Gasteiger partial charge in [0.1, 0.15) is 0 Å². The zero-order valence-electron chi connectivity index (χ0n) is 43.1. The third kappa shape index (κ3) is 5.96. The Morgan fingerprint density at radius 3 is 0.613 bits per heavy atom. The van der Waals surface area contributed by atoms with Gasteiger partial charge in [-0.3, -0.25) is 29.0 Å². The zero-order valence-corrected chi connectivity index (χ0v) is 43.1. The number of para-hydroxylation sites is 8. The lowest BCUT2D eigenvalue weighted by Crippen LogP contribution is -2.56. The molecule has 4 amide bonds. The van der Waals surface area contributed by atoms with Crippen LogP contribution in [-0.4, -0.2) is 63.8 Å². The van der Waals surface area contributed by atoms with Crippen LogP contribution in [0.1, 0.15) is 67.1 Å². The van der Waals surface area contributed by atoms with E-state index < -0.39 is 35.7 Å². The molecule has 1 aliphatic carbocycles. The minimum Gasteiger partial charge on any atom is -0.307 e. The molecule has 80 heavy (non-hydrogen) atoms. The van der Waals surface area contributed by atoms with Crippen LogP contribution in [0.4, 0.5) is 0 Å². The Labute approximate surface area is 457 Å². The van der Waals surface area contributed by atoms with Crippen molar-refractivity contribution < 1.29 is 19.2 Å². The fourth-order valence-corrected chi connectivity index (χ4v) is 14.3. The second-order valence-corrected chi connectivity index (χ2v) is 21.6. The molecule has 10 aromatic carbocycles. The van der Waals surface area contributed by atoms with Gasteiger partial charge in [0.2, 0.25) is 0 Å². The summed E-state index contributed by atoms with van der Waals surface area (Å²) >= 11 is 0. The monoisotopic (exact) mass is 1030 g/mol. The van der Waals surface area contributed by atoms with Gasteiger partial charge >= 0.3 is 0 Å². The maximum Gasteiger partial charge on any atom is 0.261 e. The van der Waals surface area contributed by atoms with Gasteiger partial charge in [-0.1, -0.05) is 158 Å². The lowest BCUT2D eigenvalue weighted by atomic mass is 9.88. The Hall–Kier alpha value is -10.3. The SMILES string of the molecule is O=C1c2cc(-n3c4ccccc4c4ccccc43)c(-n3c4ccccc4c4ccccc43)cc2C(=O)N1C1CCCCC1N1C(=O)c2cc(-n3c4ccccc4c4ccccc43)c(-n3c4ccccc4c4ccccc43)cc2C1=O. The number of amides is 4. The van der Waals surface area contributed by atoms with Gasteiger partial charge in [0, 0.05) is 43.1 Å². The van der Waals surface area contributed by atoms with Crippen molar-refractivity contribution in [1.29, 1.82) is 0 Å². The Morgan fingerprint density at radius 1 is 0.250 bits per heavy atom. The van der Waals surface area contributed by atoms with Crippen LogP contribution in [0.15, 0.2) is 218 Å². The molecule has 0 N–H and O–H groups in total. The molecule has 17 rings (SSSR count). The van der Waals surface area contributed by atoms with E-state index in [9.17, 15) is 0 Å². The van der Waals surface area contributed by atoms with Crippen molar-refractivity contribution in [2.75, 3.05) is 0 Å². The molecule has 0 bridgehead atoms. The van der Waals surface area contributed by atoms with Gasteiger partial charge in [-0.05, 0) is 85.6 Å². The van der Waals surface area contributed by atoms with E-state index in [0.717, 1.165) is 110 Å². The van der Waals surface area contributed by atoms with Crippen LogP contribution in [0, 0.1) is 0 Å². The van der Waals surface area contributed by atoms with Crippen LogP contribution >= 0.6 is 0 Å². The molecule has 10 heteroatoms. The molecule has 0 spiro atoms. The maximum atomic E-state index is 15.6. The largest absolute Gasteiger partial charge is 0.307 e. The molecule has 0 radical (unpaired) electrons. The van der Waals surface area contributed by atoms with Gasteiger partial charge in [-0.25, -0.2) is 0 Å². The standard InChI is InChI=1S/C70H46N6O4/c77-67-49-37-63(71-53-27-9-1-19-41(53)42-20-2-10-28-54(42)71)64(72-55-29-11-3-21-43(55)44-22-4-12-30-56(44)72)38-50(49)68(78)75(67)61-35-17-18-36-62(61)76-69(79)51-39-65(73-57-31-13-5-23-45(57)46-24-6-14-32-58(46)73)66(40-52(51)70(76)80)74-59-33-15-7-25-47(59)48-26-8-16-34-60(48)74/h1-16,19-34,37-40,61-62H,17-18,35-36H2. The first-order valence-corrected chi connectivity index (χ1v) is 27.5. The number of nitrogens with zero attached hydrogens (tertiary/aromatic N) is 6. The molecule has 10 nitrogen and oxygen atoms in total. The number of aromatic nitrogens is 4. The van der Waals surface area contributed by atoms with Gasteiger partial charge in [0.25, 0.3) is 23.6 Å². The normalized spacial score (nSPS) is 16.6. The lowest BCUT2D eigenvalue weighted by molar-refractivity contribution is 0.0291. The molecule has 2 unspecified atom stereocenters. The molecule has 380 valence electrons. The van der Waals surface area contributed by atoms with Crippen LogP contribution in [0.25, 0.3) is 110 Å². The highest BCUT2D eigenvalue weighted by molar-refractivity contribution is 6.25. The first-order chi connectivity index (χ1) is 39.4. The quantitative estimate of drug-likeness (QED) is 0.155. The maximum absolute atomic E-state index is 15.6. The number of carbonyl (C=O) groups excluding carboxylic acids is 4. The van der Waals surface area contributed by atoms with E-state index in [1.807, 2.05) is 121 Å². The number of fused-ring (bicyclic) bond motifs is 14. The van der Waals surface area contributed by atoms with Crippen molar-refractivity contribution in [2.24, 2.45) is 0 Å². The van der Waals surface area contributed by atoms with E-state index in [-0.39, 0.29) is 22.3 Å². The Morgan fingerprint density at radius 2 is 0.425 bits per heavy atom. The van der Waals surface area contributed by atoms with Crippen LogP contribution < -0.4 is 0 Å². The van der Waals surface area contributed by atoms with E-state index in [1.54, 1.807) is 0 Å². The predicted octanol–water partition coefficient (Wildman–Crippen LogP) is 15.3. The highest BCUT2D eigenvalue weighted by Gasteiger charge is 2.50. The highest BCUT2D eigenvalue weighted by atomic mass is 16.2. The molecule has 2 atom stereocenters. The van der Waals surface area contributed by atoms with E-state index in [1.165, 1.54) is 9.80 Å². The van der Waals surface area contributed by atoms with Crippen molar-refractivity contribution >= 4 is 111 Å². The summed E-state index contributed by atoms with van der Waals surface area (Å²) in [6.07, 6.45) is 2.30. The molecule has 2 aliphatic heterocycles. The number of carbonyl (C=O) groups is 4. The fraction of sp³-hybridized carbons (Fsp3) is 0.0857. The first-order valence-electron chi connectivity index (χ1n) is 27.5. The average molecular weight is 1040 g/mol. The van der Waals surface area contributed by atoms with Crippen LogP contribution in [-0.2, 0) is 0 Å².